The van der Waals surface area contributed by atoms with Crippen LogP contribution in [0.4, 0.5) is 0 Å². The Bertz CT molecular complexity index is 1240. The van der Waals surface area contributed by atoms with Gasteiger partial charge < -0.3 is 4.90 Å². The van der Waals surface area contributed by atoms with Gasteiger partial charge in [0.1, 0.15) is 6.04 Å². The molecule has 1 fully saturated rings. The van der Waals surface area contributed by atoms with E-state index in [1.54, 1.807) is 24.3 Å². The molecular weight excluding hydrogens is 464 g/mol. The summed E-state index contributed by atoms with van der Waals surface area (Å²) >= 11 is 1.37. The number of hydrogen-bond donors (Lipinski definition) is 1. The molecule has 33 heavy (non-hydrogen) atoms. The summed E-state index contributed by atoms with van der Waals surface area (Å²) in [6, 6.07) is 9.51. The summed E-state index contributed by atoms with van der Waals surface area (Å²) in [4.78, 5) is 40.0. The highest BCUT2D eigenvalue weighted by molar-refractivity contribution is 7.99. The second kappa shape index (κ2) is 9.28. The van der Waals surface area contributed by atoms with Crippen LogP contribution in [0.2, 0.25) is 0 Å². The summed E-state index contributed by atoms with van der Waals surface area (Å²) in [5, 5.41) is 2.30. The number of imide groups is 1. The largest absolute Gasteiger partial charge is 0.322 e. The Kier molecular flexibility index (Phi) is 6.60. The van der Waals surface area contributed by atoms with Gasteiger partial charge in [-0.25, -0.2) is 0 Å². The van der Waals surface area contributed by atoms with Crippen molar-refractivity contribution in [3.63, 3.8) is 0 Å². The molecule has 0 bridgehead atoms. The summed E-state index contributed by atoms with van der Waals surface area (Å²) in [7, 11) is -3.86. The molecule has 2 aliphatic heterocycles. The Labute approximate surface area is 196 Å². The summed E-state index contributed by atoms with van der Waals surface area (Å²) < 4.78 is 30.0. The molecular formula is C23H24N2O6S2. The maximum absolute atomic E-state index is 13.0. The molecule has 2 aliphatic rings. The first-order chi connectivity index (χ1) is 15.7. The number of fused-ring (bicyclic) bond motifs is 1. The average molecular weight is 489 g/mol. The number of amides is 3. The quantitative estimate of drug-likeness (QED) is 0.471. The van der Waals surface area contributed by atoms with Crippen LogP contribution in [0.5, 0.6) is 0 Å². The molecule has 1 N–H and O–H groups in total. The van der Waals surface area contributed by atoms with Crippen LogP contribution >= 0.6 is 11.8 Å². The van der Waals surface area contributed by atoms with Gasteiger partial charge in [-0.15, -0.1) is 0 Å². The van der Waals surface area contributed by atoms with Crippen LogP contribution in [0.15, 0.2) is 51.1 Å². The van der Waals surface area contributed by atoms with Gasteiger partial charge in [-0.05, 0) is 55.2 Å². The molecule has 0 saturated carbocycles. The second-order valence-electron chi connectivity index (χ2n) is 7.99. The molecule has 0 radical (unpaired) electrons. The van der Waals surface area contributed by atoms with Crippen molar-refractivity contribution in [3.8, 4) is 0 Å². The van der Waals surface area contributed by atoms with E-state index in [0.717, 1.165) is 20.9 Å². The number of benzene rings is 2. The Hall–Kier alpha value is -2.69. The van der Waals surface area contributed by atoms with Crippen molar-refractivity contribution in [2.45, 2.75) is 60.4 Å². The third-order valence-corrected chi connectivity index (χ3v) is 8.22. The molecule has 8 nitrogen and oxygen atoms in total. The predicted octanol–water partition coefficient (Wildman–Crippen LogP) is 3.02. The van der Waals surface area contributed by atoms with Crippen LogP contribution in [0.3, 0.4) is 0 Å². The van der Waals surface area contributed by atoms with E-state index in [9.17, 15) is 22.8 Å². The Morgan fingerprint density at radius 2 is 1.94 bits per heavy atom. The summed E-state index contributed by atoms with van der Waals surface area (Å²) in [6.07, 6.45) is 1.07. The standard InChI is InChI=1S/C23H24N2O6S2/c1-3-11-31-33(29,30)15-8-7-14(2)20(12-15)32-19-6-4-5-16-17(19)13-25(23(16)28)18-9-10-21(26)24-22(18)27/h4-8,12,18H,3,9-11,13H2,1-2H3,(H,24,26,27). The second-order valence-corrected chi connectivity index (χ2v) is 10.7. The zero-order valence-electron chi connectivity index (χ0n) is 18.3. The first kappa shape index (κ1) is 23.5. The molecule has 0 spiro atoms. The fourth-order valence-corrected chi connectivity index (χ4v) is 6.07. The van der Waals surface area contributed by atoms with E-state index < -0.39 is 22.1 Å². The molecule has 1 atom stereocenters. The third kappa shape index (κ3) is 4.68. The average Bonchev–Trinajstić information content (AvgIpc) is 3.11. The first-order valence-electron chi connectivity index (χ1n) is 10.7. The van der Waals surface area contributed by atoms with E-state index in [1.807, 2.05) is 19.9 Å². The Morgan fingerprint density at radius 1 is 1.15 bits per heavy atom. The van der Waals surface area contributed by atoms with Crippen LogP contribution < -0.4 is 5.32 Å². The number of aryl methyl sites for hydroxylation is 1. The number of hydrogen-bond acceptors (Lipinski definition) is 7. The van der Waals surface area contributed by atoms with Crippen molar-refractivity contribution in [1.82, 2.24) is 10.2 Å². The van der Waals surface area contributed by atoms with Gasteiger partial charge in [0.15, 0.2) is 0 Å². The van der Waals surface area contributed by atoms with E-state index >= 15 is 0 Å². The van der Waals surface area contributed by atoms with Crippen LogP contribution in [-0.2, 0) is 30.4 Å². The van der Waals surface area contributed by atoms with Gasteiger partial charge in [0, 0.05) is 28.3 Å². The molecule has 1 saturated heterocycles. The molecule has 2 aromatic rings. The normalized spacial score (nSPS) is 18.4. The maximum atomic E-state index is 13.0. The van der Waals surface area contributed by atoms with Crippen LogP contribution in [0.1, 0.15) is 47.7 Å². The van der Waals surface area contributed by atoms with Gasteiger partial charge >= 0.3 is 0 Å². The minimum atomic E-state index is -3.86. The smallest absolute Gasteiger partial charge is 0.297 e. The molecule has 10 heteroatoms. The lowest BCUT2D eigenvalue weighted by molar-refractivity contribution is -0.136. The van der Waals surface area contributed by atoms with Crippen LogP contribution in [0, 0.1) is 6.92 Å². The van der Waals surface area contributed by atoms with E-state index in [1.165, 1.54) is 22.7 Å². The van der Waals surface area contributed by atoms with Crippen molar-refractivity contribution < 1.29 is 27.0 Å². The highest BCUT2D eigenvalue weighted by atomic mass is 32.2. The minimum absolute atomic E-state index is 0.0814. The van der Waals surface area contributed by atoms with Gasteiger partial charge in [0.2, 0.25) is 11.8 Å². The van der Waals surface area contributed by atoms with Gasteiger partial charge in [-0.3, -0.25) is 23.9 Å². The zero-order valence-corrected chi connectivity index (χ0v) is 19.9. The summed E-state index contributed by atoms with van der Waals surface area (Å²) in [6.45, 7) is 4.08. The first-order valence-corrected chi connectivity index (χ1v) is 12.9. The SMILES string of the molecule is CCCOS(=O)(=O)c1ccc(C)c(Sc2cccc3c2CN(C2CCC(=O)NC2=O)C3=O)c1. The van der Waals surface area contributed by atoms with Crippen molar-refractivity contribution in [3.05, 3.63) is 53.1 Å². The van der Waals surface area contributed by atoms with Gasteiger partial charge in [-0.1, -0.05) is 30.8 Å². The number of piperidine rings is 1. The topological polar surface area (TPSA) is 110 Å². The predicted molar refractivity (Wildman–Crippen MR) is 121 cm³/mol. The monoisotopic (exact) mass is 488 g/mol. The van der Waals surface area contributed by atoms with E-state index in [0.29, 0.717) is 18.4 Å². The molecule has 4 rings (SSSR count). The lowest BCUT2D eigenvalue weighted by Gasteiger charge is -2.29. The van der Waals surface area contributed by atoms with E-state index in [2.05, 4.69) is 5.32 Å². The summed E-state index contributed by atoms with van der Waals surface area (Å²) in [5.74, 6) is -1.03. The molecule has 3 amide bonds. The summed E-state index contributed by atoms with van der Waals surface area (Å²) in [5.41, 5.74) is 2.18. The van der Waals surface area contributed by atoms with Gasteiger partial charge in [-0.2, -0.15) is 8.42 Å². The van der Waals surface area contributed by atoms with E-state index in [4.69, 9.17) is 4.18 Å². The Morgan fingerprint density at radius 3 is 2.67 bits per heavy atom. The molecule has 0 aromatic heterocycles. The minimum Gasteiger partial charge on any atom is -0.322 e. The molecule has 2 aromatic carbocycles. The molecule has 1 unspecified atom stereocenters. The third-order valence-electron chi connectivity index (χ3n) is 5.65. The maximum Gasteiger partial charge on any atom is 0.297 e. The van der Waals surface area contributed by atoms with Crippen molar-refractivity contribution in [2.24, 2.45) is 0 Å². The Balaban J connectivity index is 1.62. The zero-order chi connectivity index (χ0) is 23.8. The van der Waals surface area contributed by atoms with Gasteiger partial charge in [0.05, 0.1) is 11.5 Å². The van der Waals surface area contributed by atoms with Crippen LogP contribution in [0.25, 0.3) is 0 Å². The van der Waals surface area contributed by atoms with E-state index in [-0.39, 0.29) is 36.3 Å². The molecule has 0 aliphatic carbocycles. The number of carbonyl (C=O) groups is 3. The number of rotatable bonds is 7. The fourth-order valence-electron chi connectivity index (χ4n) is 3.88. The molecule has 174 valence electrons. The number of carbonyl (C=O) groups excluding carboxylic acids is 3. The van der Waals surface area contributed by atoms with Crippen molar-refractivity contribution in [2.75, 3.05) is 6.61 Å². The highest BCUT2D eigenvalue weighted by Crippen LogP contribution is 2.39. The van der Waals surface area contributed by atoms with Gasteiger partial charge in [0.25, 0.3) is 16.0 Å². The highest BCUT2D eigenvalue weighted by Gasteiger charge is 2.39. The van der Waals surface area contributed by atoms with Crippen molar-refractivity contribution in [1.29, 1.82) is 0 Å². The molecule has 2 heterocycles. The van der Waals surface area contributed by atoms with Crippen molar-refractivity contribution >= 4 is 39.6 Å². The lowest BCUT2D eigenvalue weighted by atomic mass is 10.0. The number of nitrogens with zero attached hydrogens (tertiary/aromatic N) is 1. The number of nitrogens with one attached hydrogen (secondary N) is 1. The fraction of sp³-hybridized carbons (Fsp3) is 0.348. The lowest BCUT2D eigenvalue weighted by Crippen LogP contribution is -2.52. The van der Waals surface area contributed by atoms with Crippen LogP contribution in [-0.4, -0.2) is 43.7 Å².